The molecule has 0 aliphatic rings. The van der Waals surface area contributed by atoms with Gasteiger partial charge in [-0.15, -0.1) is 0 Å². The van der Waals surface area contributed by atoms with Crippen LogP contribution in [0.3, 0.4) is 0 Å². The zero-order valence-corrected chi connectivity index (χ0v) is 12.5. The molecule has 2 nitrogen and oxygen atoms in total. The molecule has 0 bridgehead atoms. The number of hydrogen-bond donors (Lipinski definition) is 1. The fraction of sp³-hybridized carbons (Fsp3) is 0.154. The number of para-hydroxylation sites is 1. The van der Waals surface area contributed by atoms with Gasteiger partial charge in [0.05, 0.1) is 17.9 Å². The summed E-state index contributed by atoms with van der Waals surface area (Å²) in [7, 11) is 0. The van der Waals surface area contributed by atoms with Gasteiger partial charge in [0.1, 0.15) is 0 Å². The molecule has 0 unspecified atom stereocenters. The van der Waals surface area contributed by atoms with Gasteiger partial charge in [-0.3, -0.25) is 4.98 Å². The zero-order chi connectivity index (χ0) is 12.3. The van der Waals surface area contributed by atoms with Gasteiger partial charge in [-0.05, 0) is 62.5 Å². The molecule has 1 aromatic carbocycles. The van der Waals surface area contributed by atoms with Gasteiger partial charge in [-0.1, -0.05) is 12.1 Å². The smallest absolute Gasteiger partial charge is 0.0632 e. The number of nitrogens with one attached hydrogen (secondary N) is 1. The van der Waals surface area contributed by atoms with Crippen LogP contribution < -0.4 is 5.32 Å². The molecule has 2 aromatic rings. The van der Waals surface area contributed by atoms with E-state index in [1.54, 1.807) is 0 Å². The first-order valence-corrected chi connectivity index (χ1v) is 6.85. The Bertz CT molecular complexity index is 506. The van der Waals surface area contributed by atoms with Crippen molar-refractivity contribution >= 4 is 37.5 Å². The molecule has 1 N–H and O–H groups in total. The van der Waals surface area contributed by atoms with Crippen molar-refractivity contribution in [2.24, 2.45) is 0 Å². The van der Waals surface area contributed by atoms with E-state index >= 15 is 0 Å². The number of pyridine rings is 1. The third-order valence-corrected chi connectivity index (χ3v) is 3.83. The normalized spacial score (nSPS) is 10.3. The SMILES string of the molecule is Cc1cccnc1CNc1c(Br)cccc1Br. The first-order chi connectivity index (χ1) is 8.18. The van der Waals surface area contributed by atoms with Crippen molar-refractivity contribution in [2.75, 3.05) is 5.32 Å². The summed E-state index contributed by atoms with van der Waals surface area (Å²) < 4.78 is 2.08. The van der Waals surface area contributed by atoms with E-state index in [4.69, 9.17) is 0 Å². The predicted molar refractivity (Wildman–Crippen MR) is 78.1 cm³/mol. The summed E-state index contributed by atoms with van der Waals surface area (Å²) in [5.74, 6) is 0. The lowest BCUT2D eigenvalue weighted by Gasteiger charge is -2.11. The van der Waals surface area contributed by atoms with Crippen molar-refractivity contribution in [1.82, 2.24) is 4.98 Å². The number of hydrogen-bond acceptors (Lipinski definition) is 2. The van der Waals surface area contributed by atoms with Gasteiger partial charge < -0.3 is 5.32 Å². The van der Waals surface area contributed by atoms with E-state index < -0.39 is 0 Å². The predicted octanol–water partition coefficient (Wildman–Crippen LogP) is 4.53. The Hall–Kier alpha value is -0.870. The zero-order valence-electron chi connectivity index (χ0n) is 9.37. The molecule has 1 aromatic heterocycles. The molecule has 0 aliphatic carbocycles. The van der Waals surface area contributed by atoms with Crippen molar-refractivity contribution in [3.63, 3.8) is 0 Å². The molecular weight excluding hydrogens is 344 g/mol. The van der Waals surface area contributed by atoms with Crippen molar-refractivity contribution in [2.45, 2.75) is 13.5 Å². The molecule has 0 spiro atoms. The minimum atomic E-state index is 0.716. The van der Waals surface area contributed by atoms with Gasteiger partial charge in [0, 0.05) is 15.1 Å². The average molecular weight is 356 g/mol. The second-order valence-electron chi connectivity index (χ2n) is 3.72. The Kier molecular flexibility index (Phi) is 4.18. The van der Waals surface area contributed by atoms with Crippen molar-refractivity contribution in [3.05, 3.63) is 56.7 Å². The minimum Gasteiger partial charge on any atom is -0.378 e. The summed E-state index contributed by atoms with van der Waals surface area (Å²) in [4.78, 5) is 4.36. The van der Waals surface area contributed by atoms with Crippen molar-refractivity contribution < 1.29 is 0 Å². The highest BCUT2D eigenvalue weighted by Gasteiger charge is 2.05. The van der Waals surface area contributed by atoms with Gasteiger partial charge in [0.2, 0.25) is 0 Å². The van der Waals surface area contributed by atoms with Crippen LogP contribution in [0.2, 0.25) is 0 Å². The molecule has 2 rings (SSSR count). The number of benzene rings is 1. The molecule has 88 valence electrons. The van der Waals surface area contributed by atoms with Crippen LogP contribution in [0.15, 0.2) is 45.5 Å². The van der Waals surface area contributed by atoms with E-state index in [1.807, 2.05) is 30.5 Å². The molecule has 0 amide bonds. The molecule has 0 fully saturated rings. The van der Waals surface area contributed by atoms with Crippen LogP contribution >= 0.6 is 31.9 Å². The molecule has 1 heterocycles. The first-order valence-electron chi connectivity index (χ1n) is 5.27. The number of halogens is 2. The summed E-state index contributed by atoms with van der Waals surface area (Å²) in [6.07, 6.45) is 1.82. The van der Waals surface area contributed by atoms with E-state index in [0.29, 0.717) is 6.54 Å². The van der Waals surface area contributed by atoms with Crippen LogP contribution in [0.4, 0.5) is 5.69 Å². The highest BCUT2D eigenvalue weighted by molar-refractivity contribution is 9.11. The number of aryl methyl sites for hydroxylation is 1. The quantitative estimate of drug-likeness (QED) is 0.875. The number of nitrogens with zero attached hydrogens (tertiary/aromatic N) is 1. The highest BCUT2D eigenvalue weighted by Crippen LogP contribution is 2.30. The van der Waals surface area contributed by atoms with Gasteiger partial charge in [-0.25, -0.2) is 0 Å². The first kappa shape index (κ1) is 12.6. The van der Waals surface area contributed by atoms with Crippen LogP contribution in [0.5, 0.6) is 0 Å². The maximum Gasteiger partial charge on any atom is 0.0632 e. The summed E-state index contributed by atoms with van der Waals surface area (Å²) in [5, 5.41) is 3.38. The van der Waals surface area contributed by atoms with Crippen molar-refractivity contribution in [1.29, 1.82) is 0 Å². The third-order valence-electron chi connectivity index (χ3n) is 2.51. The standard InChI is InChI=1S/C13H12Br2N2/c1-9-4-3-7-16-12(9)8-17-13-10(14)5-2-6-11(13)15/h2-7,17H,8H2,1H3. The second kappa shape index (κ2) is 5.65. The lowest BCUT2D eigenvalue weighted by Crippen LogP contribution is -2.04. The van der Waals surface area contributed by atoms with E-state index in [2.05, 4.69) is 55.2 Å². The Morgan fingerprint density at radius 2 is 1.82 bits per heavy atom. The van der Waals surface area contributed by atoms with Gasteiger partial charge in [0.25, 0.3) is 0 Å². The number of rotatable bonds is 3. The van der Waals surface area contributed by atoms with Gasteiger partial charge in [0.15, 0.2) is 0 Å². The number of anilines is 1. The van der Waals surface area contributed by atoms with Crippen LogP contribution in [0, 0.1) is 6.92 Å². The molecule has 0 saturated carbocycles. The Morgan fingerprint density at radius 3 is 2.47 bits per heavy atom. The van der Waals surface area contributed by atoms with E-state index in [-0.39, 0.29) is 0 Å². The van der Waals surface area contributed by atoms with Crippen molar-refractivity contribution in [3.8, 4) is 0 Å². The molecule has 0 saturated heterocycles. The average Bonchev–Trinajstić information content (AvgIpc) is 2.30. The summed E-state index contributed by atoms with van der Waals surface area (Å²) in [6, 6.07) is 10.0. The van der Waals surface area contributed by atoms with Crippen LogP contribution in [0.1, 0.15) is 11.3 Å². The molecular formula is C13H12Br2N2. The molecule has 0 radical (unpaired) electrons. The van der Waals surface area contributed by atoms with E-state index in [0.717, 1.165) is 20.3 Å². The number of aromatic nitrogens is 1. The lowest BCUT2D eigenvalue weighted by molar-refractivity contribution is 1.02. The van der Waals surface area contributed by atoms with E-state index in [1.165, 1.54) is 5.56 Å². The highest BCUT2D eigenvalue weighted by atomic mass is 79.9. The lowest BCUT2D eigenvalue weighted by atomic mass is 10.2. The Morgan fingerprint density at radius 1 is 1.12 bits per heavy atom. The van der Waals surface area contributed by atoms with Gasteiger partial charge in [-0.2, -0.15) is 0 Å². The third kappa shape index (κ3) is 3.07. The van der Waals surface area contributed by atoms with Crippen LogP contribution in [0.25, 0.3) is 0 Å². The fourth-order valence-corrected chi connectivity index (χ4v) is 2.82. The van der Waals surface area contributed by atoms with Gasteiger partial charge >= 0.3 is 0 Å². The molecule has 0 aliphatic heterocycles. The Balaban J connectivity index is 2.16. The van der Waals surface area contributed by atoms with Crippen LogP contribution in [-0.2, 0) is 6.54 Å². The largest absolute Gasteiger partial charge is 0.378 e. The maximum absolute atomic E-state index is 4.36. The summed E-state index contributed by atoms with van der Waals surface area (Å²) in [6.45, 7) is 2.78. The van der Waals surface area contributed by atoms with E-state index in [9.17, 15) is 0 Å². The summed E-state index contributed by atoms with van der Waals surface area (Å²) >= 11 is 7.05. The van der Waals surface area contributed by atoms with Crippen LogP contribution in [-0.4, -0.2) is 4.98 Å². The second-order valence-corrected chi connectivity index (χ2v) is 5.43. The molecule has 4 heteroatoms. The topological polar surface area (TPSA) is 24.9 Å². The molecule has 0 atom stereocenters. The summed E-state index contributed by atoms with van der Waals surface area (Å²) in [5.41, 5.74) is 3.32. The molecule has 17 heavy (non-hydrogen) atoms. The maximum atomic E-state index is 4.36. The Labute approximate surface area is 118 Å². The monoisotopic (exact) mass is 354 g/mol. The minimum absolute atomic E-state index is 0.716. The fourth-order valence-electron chi connectivity index (χ4n) is 1.54.